The van der Waals surface area contributed by atoms with E-state index in [1.807, 2.05) is 0 Å². The average Bonchev–Trinajstić information content (AvgIpc) is 1.76. The summed E-state index contributed by atoms with van der Waals surface area (Å²) in [7, 11) is 0. The van der Waals surface area contributed by atoms with Gasteiger partial charge in [0.2, 0.25) is 0 Å². The van der Waals surface area contributed by atoms with Crippen LogP contribution in [0.25, 0.3) is 0 Å². The Hall–Kier alpha value is 0.623. The van der Waals surface area contributed by atoms with Crippen LogP contribution in [0.1, 0.15) is 0 Å². The maximum atomic E-state index is 2.40. The molecule has 24 valence electrons. The molecule has 5 heavy (non-hydrogen) atoms. The Morgan fingerprint density at radius 2 is 2.80 bits per heavy atom. The molecule has 0 saturated heterocycles. The fourth-order valence-corrected chi connectivity index (χ4v) is 2.04. The van der Waals surface area contributed by atoms with E-state index < -0.39 is 0 Å². The van der Waals surface area contributed by atoms with Gasteiger partial charge in [0.05, 0.1) is 0 Å². The molecule has 0 nitrogen and oxygen atoms in total. The van der Waals surface area contributed by atoms with Crippen LogP contribution >= 0.6 is 0 Å². The summed E-state index contributed by atoms with van der Waals surface area (Å²) >= 11 is 0.161. The van der Waals surface area contributed by atoms with Gasteiger partial charge in [0, 0.05) is 0 Å². The Morgan fingerprint density at radius 3 is 3.00 bits per heavy atom. The Bertz CT molecular complexity index is 65.0. The van der Waals surface area contributed by atoms with Gasteiger partial charge in [0.25, 0.3) is 0 Å². The molecule has 1 aliphatic rings. The zero-order valence-corrected chi connectivity index (χ0v) is 5.44. The molecule has 1 rings (SSSR count). The van der Waals surface area contributed by atoms with Crippen LogP contribution in [0.15, 0.2) is 0 Å². The molecule has 0 fully saturated rings. The molecular formula is C3H4BSb. The second-order valence-corrected chi connectivity index (χ2v) is 3.70. The first kappa shape index (κ1) is 3.80. The normalized spacial score (nSPS) is 16.0. The summed E-state index contributed by atoms with van der Waals surface area (Å²) in [6.45, 7) is 2.25. The van der Waals surface area contributed by atoms with Gasteiger partial charge >= 0.3 is 42.2 Å². The second kappa shape index (κ2) is 1.92. The van der Waals surface area contributed by atoms with Crippen LogP contribution in [0.3, 0.4) is 0 Å². The molecule has 0 saturated carbocycles. The summed E-state index contributed by atoms with van der Waals surface area (Å²) in [5, 5.41) is 0. The van der Waals surface area contributed by atoms with Crippen molar-refractivity contribution in [2.45, 2.75) is 6.32 Å². The van der Waals surface area contributed by atoms with Gasteiger partial charge in [0.15, 0.2) is 0 Å². The van der Waals surface area contributed by atoms with Crippen molar-refractivity contribution >= 4 is 35.9 Å². The van der Waals surface area contributed by atoms with Crippen molar-refractivity contribution < 1.29 is 0 Å². The first-order chi connectivity index (χ1) is 2.50. The quantitative estimate of drug-likeness (QED) is 0.428. The van der Waals surface area contributed by atoms with E-state index in [1.165, 1.54) is 6.32 Å². The van der Waals surface area contributed by atoms with E-state index in [1.54, 1.807) is 0 Å². The minimum absolute atomic E-state index is 0.161. The molecule has 0 N–H and O–H groups in total. The van der Waals surface area contributed by atoms with Gasteiger partial charge < -0.3 is 0 Å². The maximum absolute atomic E-state index is 2.40. The molecule has 0 atom stereocenters. The van der Waals surface area contributed by atoms with E-state index in [2.05, 4.69) is 14.8 Å². The summed E-state index contributed by atoms with van der Waals surface area (Å²) in [4.78, 5) is 0. The van der Waals surface area contributed by atoms with Crippen molar-refractivity contribution in [1.29, 1.82) is 0 Å². The van der Waals surface area contributed by atoms with Gasteiger partial charge in [-0.1, -0.05) is 0 Å². The molecule has 0 aliphatic carbocycles. The van der Waals surface area contributed by atoms with E-state index in [0.717, 1.165) is 0 Å². The van der Waals surface area contributed by atoms with E-state index in [-0.39, 0.29) is 21.1 Å². The molecule has 0 aromatic carbocycles. The zero-order chi connectivity index (χ0) is 3.54. The van der Waals surface area contributed by atoms with Gasteiger partial charge in [-0.25, -0.2) is 0 Å². The Labute approximate surface area is 42.5 Å². The Balaban J connectivity index is 2.61. The van der Waals surface area contributed by atoms with E-state index in [0.29, 0.717) is 0 Å². The zero-order valence-electron chi connectivity index (χ0n) is 2.89. The fourth-order valence-electron chi connectivity index (χ4n) is 0.304. The van der Waals surface area contributed by atoms with Crippen LogP contribution < -0.4 is 0 Å². The Kier molecular flexibility index (Phi) is 1.46. The first-order valence-electron chi connectivity index (χ1n) is 1.67. The van der Waals surface area contributed by atoms with Gasteiger partial charge in [-0.2, -0.15) is 0 Å². The van der Waals surface area contributed by atoms with Crippen LogP contribution in [-0.4, -0.2) is 35.9 Å². The predicted molar refractivity (Wildman–Crippen MR) is 28.4 cm³/mol. The van der Waals surface area contributed by atoms with Gasteiger partial charge in [-0.3, -0.25) is 0 Å². The van der Waals surface area contributed by atoms with Crippen molar-refractivity contribution in [3.8, 4) is 0 Å². The Morgan fingerprint density at radius 1 is 1.80 bits per heavy atom. The van der Waals surface area contributed by atoms with E-state index >= 15 is 0 Å². The van der Waals surface area contributed by atoms with Crippen molar-refractivity contribution in [3.63, 3.8) is 0 Å². The summed E-state index contributed by atoms with van der Waals surface area (Å²) in [5.74, 6) is 0. The van der Waals surface area contributed by atoms with Crippen LogP contribution in [0.5, 0.6) is 0 Å². The summed E-state index contributed by atoms with van der Waals surface area (Å²) < 4.78 is 4.73. The third kappa shape index (κ3) is 1.01. The molecule has 0 aromatic heterocycles. The third-order valence-electron chi connectivity index (χ3n) is 0.538. The molecule has 0 aromatic rings. The second-order valence-electron chi connectivity index (χ2n) is 0.952. The fraction of sp³-hybridized carbons (Fsp3) is 0.333. The molecule has 0 radical (unpaired) electrons. The standard InChI is InChI=1S/C3H4B.Sb/c1-3-4-2;/h1-2H,3H2;. The van der Waals surface area contributed by atoms with E-state index in [9.17, 15) is 0 Å². The monoisotopic (exact) mass is 172 g/mol. The average molecular weight is 173 g/mol. The molecular weight excluding hydrogens is 169 g/mol. The molecule has 2 heteroatoms. The first-order valence-corrected chi connectivity index (χ1v) is 4.61. The van der Waals surface area contributed by atoms with Crippen LogP contribution in [0.4, 0.5) is 0 Å². The summed E-state index contributed by atoms with van der Waals surface area (Å²) in [5.41, 5.74) is 0. The van der Waals surface area contributed by atoms with Crippen LogP contribution in [0, 0.1) is 0 Å². The van der Waals surface area contributed by atoms with Gasteiger partial charge in [-0.05, 0) is 0 Å². The molecule has 1 heterocycles. The molecule has 0 unspecified atom stereocenters. The third-order valence-corrected chi connectivity index (χ3v) is 2.83. The summed E-state index contributed by atoms with van der Waals surface area (Å²) in [6, 6.07) is 0. The SMILES string of the molecule is B1=[CH][Sb]=[CH]C1. The molecule has 0 bridgehead atoms. The van der Waals surface area contributed by atoms with Gasteiger partial charge in [0.1, 0.15) is 0 Å². The minimum atomic E-state index is 0.161. The molecule has 0 amide bonds. The number of rotatable bonds is 0. The topological polar surface area (TPSA) is 0 Å². The summed E-state index contributed by atoms with van der Waals surface area (Å²) in [6.07, 6.45) is 1.26. The predicted octanol–water partition coefficient (Wildman–Crippen LogP) is -0.611. The van der Waals surface area contributed by atoms with Crippen molar-refractivity contribution in [1.82, 2.24) is 0 Å². The van der Waals surface area contributed by atoms with Crippen molar-refractivity contribution in [2.24, 2.45) is 0 Å². The van der Waals surface area contributed by atoms with Crippen LogP contribution in [-0.2, 0) is 0 Å². The van der Waals surface area contributed by atoms with E-state index in [4.69, 9.17) is 0 Å². The molecule has 1 aliphatic heterocycles. The van der Waals surface area contributed by atoms with Crippen LogP contribution in [0.2, 0.25) is 6.32 Å². The number of hydrogen-bond acceptors (Lipinski definition) is 0. The van der Waals surface area contributed by atoms with Crippen molar-refractivity contribution in [3.05, 3.63) is 0 Å². The van der Waals surface area contributed by atoms with Gasteiger partial charge in [-0.15, -0.1) is 0 Å². The molecule has 0 spiro atoms. The van der Waals surface area contributed by atoms with Crippen molar-refractivity contribution in [2.75, 3.05) is 0 Å². The number of hydrogen-bond donors (Lipinski definition) is 0.